The van der Waals surface area contributed by atoms with E-state index in [1.165, 1.54) is 5.56 Å². The predicted octanol–water partition coefficient (Wildman–Crippen LogP) is 3.54. The van der Waals surface area contributed by atoms with Crippen molar-refractivity contribution in [2.75, 3.05) is 12.3 Å². The summed E-state index contributed by atoms with van der Waals surface area (Å²) in [7, 11) is 0. The summed E-state index contributed by atoms with van der Waals surface area (Å²) in [6, 6.07) is 15.2. The van der Waals surface area contributed by atoms with E-state index in [4.69, 9.17) is 22.1 Å². The van der Waals surface area contributed by atoms with Gasteiger partial charge in [0.05, 0.1) is 6.61 Å². The van der Waals surface area contributed by atoms with Crippen molar-refractivity contribution in [3.8, 4) is 5.75 Å². The Labute approximate surface area is 106 Å². The van der Waals surface area contributed by atoms with Gasteiger partial charge in [-0.05, 0) is 42.0 Å². The standard InChI is InChI=1S/C14H14ClNO/c15-12-3-1-2-11(10-12)8-9-17-14-6-4-13(16)5-7-14/h1-7,10H,8-9,16H2. The van der Waals surface area contributed by atoms with Gasteiger partial charge < -0.3 is 10.5 Å². The van der Waals surface area contributed by atoms with E-state index < -0.39 is 0 Å². The van der Waals surface area contributed by atoms with Gasteiger partial charge in [0.15, 0.2) is 0 Å². The van der Waals surface area contributed by atoms with Crippen molar-refractivity contribution >= 4 is 17.3 Å². The van der Waals surface area contributed by atoms with E-state index in [9.17, 15) is 0 Å². The van der Waals surface area contributed by atoms with Crippen molar-refractivity contribution in [3.05, 3.63) is 59.1 Å². The van der Waals surface area contributed by atoms with E-state index in [-0.39, 0.29) is 0 Å². The molecule has 2 aromatic rings. The number of benzene rings is 2. The molecule has 0 unspecified atom stereocenters. The lowest BCUT2D eigenvalue weighted by atomic mass is 10.2. The molecule has 0 saturated carbocycles. The maximum absolute atomic E-state index is 5.90. The van der Waals surface area contributed by atoms with Crippen molar-refractivity contribution < 1.29 is 4.74 Å². The molecule has 2 rings (SSSR count). The molecule has 0 spiro atoms. The quantitative estimate of drug-likeness (QED) is 0.839. The monoisotopic (exact) mass is 247 g/mol. The first-order chi connectivity index (χ1) is 8.24. The highest BCUT2D eigenvalue weighted by molar-refractivity contribution is 6.30. The lowest BCUT2D eigenvalue weighted by Gasteiger charge is -2.06. The van der Waals surface area contributed by atoms with Crippen LogP contribution in [0.25, 0.3) is 0 Å². The van der Waals surface area contributed by atoms with E-state index in [1.54, 1.807) is 0 Å². The SMILES string of the molecule is Nc1ccc(OCCc2cccc(Cl)c2)cc1. The molecule has 3 heteroatoms. The minimum absolute atomic E-state index is 0.629. The Morgan fingerprint density at radius 1 is 1.06 bits per heavy atom. The molecule has 2 aromatic carbocycles. The molecule has 0 aliphatic rings. The predicted molar refractivity (Wildman–Crippen MR) is 71.5 cm³/mol. The van der Waals surface area contributed by atoms with Gasteiger partial charge in [0.2, 0.25) is 0 Å². The average Bonchev–Trinajstić information content (AvgIpc) is 2.32. The molecule has 0 aliphatic carbocycles. The molecule has 2 N–H and O–H groups in total. The van der Waals surface area contributed by atoms with Crippen LogP contribution in [0.15, 0.2) is 48.5 Å². The summed E-state index contributed by atoms with van der Waals surface area (Å²) in [6.07, 6.45) is 0.838. The van der Waals surface area contributed by atoms with Gasteiger partial charge in [0.25, 0.3) is 0 Å². The van der Waals surface area contributed by atoms with Crippen LogP contribution in [-0.4, -0.2) is 6.61 Å². The Bertz CT molecular complexity index is 482. The van der Waals surface area contributed by atoms with Crippen molar-refractivity contribution in [2.45, 2.75) is 6.42 Å². The summed E-state index contributed by atoms with van der Waals surface area (Å²) in [5.41, 5.74) is 7.51. The number of ether oxygens (including phenoxy) is 1. The summed E-state index contributed by atoms with van der Waals surface area (Å²) in [5.74, 6) is 0.834. The number of nitrogen functional groups attached to an aromatic ring is 1. The van der Waals surface area contributed by atoms with E-state index in [1.807, 2.05) is 48.5 Å². The summed E-state index contributed by atoms with van der Waals surface area (Å²) in [4.78, 5) is 0. The van der Waals surface area contributed by atoms with Gasteiger partial charge in [-0.3, -0.25) is 0 Å². The van der Waals surface area contributed by atoms with Crippen molar-refractivity contribution in [2.24, 2.45) is 0 Å². The maximum atomic E-state index is 5.90. The second kappa shape index (κ2) is 5.60. The van der Waals surface area contributed by atoms with Crippen molar-refractivity contribution in [1.82, 2.24) is 0 Å². The summed E-state index contributed by atoms with van der Waals surface area (Å²) < 4.78 is 5.61. The Hall–Kier alpha value is -1.67. The highest BCUT2D eigenvalue weighted by Gasteiger charge is 1.96. The molecule has 17 heavy (non-hydrogen) atoms. The van der Waals surface area contributed by atoms with Crippen molar-refractivity contribution in [1.29, 1.82) is 0 Å². The molecule has 0 heterocycles. The number of rotatable bonds is 4. The highest BCUT2D eigenvalue weighted by atomic mass is 35.5. The van der Waals surface area contributed by atoms with Crippen LogP contribution >= 0.6 is 11.6 Å². The zero-order chi connectivity index (χ0) is 12.1. The summed E-state index contributed by atoms with van der Waals surface area (Å²) >= 11 is 5.90. The molecule has 0 aromatic heterocycles. The second-order valence-corrected chi connectivity index (χ2v) is 4.23. The van der Waals surface area contributed by atoms with Crippen LogP contribution in [0.5, 0.6) is 5.75 Å². The fraction of sp³-hybridized carbons (Fsp3) is 0.143. The Morgan fingerprint density at radius 2 is 1.82 bits per heavy atom. The third kappa shape index (κ3) is 3.68. The molecule has 0 atom stereocenters. The number of anilines is 1. The van der Waals surface area contributed by atoms with Gasteiger partial charge in [-0.25, -0.2) is 0 Å². The van der Waals surface area contributed by atoms with Crippen LogP contribution in [0, 0.1) is 0 Å². The number of hydrogen-bond donors (Lipinski definition) is 1. The van der Waals surface area contributed by atoms with Gasteiger partial charge in [0, 0.05) is 17.1 Å². The van der Waals surface area contributed by atoms with E-state index >= 15 is 0 Å². The molecule has 0 saturated heterocycles. The highest BCUT2D eigenvalue weighted by Crippen LogP contribution is 2.14. The molecular weight excluding hydrogens is 234 g/mol. The second-order valence-electron chi connectivity index (χ2n) is 3.80. The van der Waals surface area contributed by atoms with Gasteiger partial charge in [-0.1, -0.05) is 23.7 Å². The third-order valence-electron chi connectivity index (χ3n) is 2.43. The Kier molecular flexibility index (Phi) is 3.89. The minimum atomic E-state index is 0.629. The minimum Gasteiger partial charge on any atom is -0.493 e. The smallest absolute Gasteiger partial charge is 0.119 e. The fourth-order valence-corrected chi connectivity index (χ4v) is 1.76. The molecule has 0 fully saturated rings. The topological polar surface area (TPSA) is 35.2 Å². The summed E-state index contributed by atoms with van der Waals surface area (Å²) in [5, 5.41) is 0.759. The molecular formula is C14H14ClNO. The normalized spacial score (nSPS) is 10.2. The maximum Gasteiger partial charge on any atom is 0.119 e. The van der Waals surface area contributed by atoms with E-state index in [2.05, 4.69) is 0 Å². The van der Waals surface area contributed by atoms with E-state index in [0.29, 0.717) is 6.61 Å². The zero-order valence-corrected chi connectivity index (χ0v) is 10.2. The molecule has 0 bridgehead atoms. The van der Waals surface area contributed by atoms with Crippen LogP contribution in [0.2, 0.25) is 5.02 Å². The van der Waals surface area contributed by atoms with Crippen LogP contribution in [-0.2, 0) is 6.42 Å². The Morgan fingerprint density at radius 3 is 2.53 bits per heavy atom. The van der Waals surface area contributed by atoms with Crippen LogP contribution in [0.3, 0.4) is 0 Å². The van der Waals surface area contributed by atoms with E-state index in [0.717, 1.165) is 22.9 Å². The molecule has 0 amide bonds. The van der Waals surface area contributed by atoms with Crippen LogP contribution in [0.1, 0.15) is 5.56 Å². The number of nitrogens with two attached hydrogens (primary N) is 1. The first-order valence-corrected chi connectivity index (χ1v) is 5.84. The number of hydrogen-bond acceptors (Lipinski definition) is 2. The number of halogens is 1. The zero-order valence-electron chi connectivity index (χ0n) is 9.40. The largest absolute Gasteiger partial charge is 0.493 e. The Balaban J connectivity index is 1.85. The van der Waals surface area contributed by atoms with Gasteiger partial charge in [-0.15, -0.1) is 0 Å². The first kappa shape index (κ1) is 11.8. The molecule has 0 radical (unpaired) electrons. The van der Waals surface area contributed by atoms with Gasteiger partial charge >= 0.3 is 0 Å². The van der Waals surface area contributed by atoms with Gasteiger partial charge in [0.1, 0.15) is 5.75 Å². The van der Waals surface area contributed by atoms with Crippen molar-refractivity contribution in [3.63, 3.8) is 0 Å². The first-order valence-electron chi connectivity index (χ1n) is 5.47. The van der Waals surface area contributed by atoms with Crippen LogP contribution in [0.4, 0.5) is 5.69 Å². The molecule has 88 valence electrons. The van der Waals surface area contributed by atoms with Crippen LogP contribution < -0.4 is 10.5 Å². The summed E-state index contributed by atoms with van der Waals surface area (Å²) in [6.45, 7) is 0.629. The third-order valence-corrected chi connectivity index (χ3v) is 2.66. The molecule has 2 nitrogen and oxygen atoms in total. The lowest BCUT2D eigenvalue weighted by molar-refractivity contribution is 0.322. The molecule has 0 aliphatic heterocycles. The van der Waals surface area contributed by atoms with Gasteiger partial charge in [-0.2, -0.15) is 0 Å². The fourth-order valence-electron chi connectivity index (χ4n) is 1.54. The average molecular weight is 248 g/mol. The lowest BCUT2D eigenvalue weighted by Crippen LogP contribution is -2.01.